The van der Waals surface area contributed by atoms with Gasteiger partial charge in [-0.2, -0.15) is 4.31 Å². The van der Waals surface area contributed by atoms with Gasteiger partial charge in [-0.25, -0.2) is 13.4 Å². The Morgan fingerprint density at radius 2 is 2.26 bits per heavy atom. The van der Waals surface area contributed by atoms with E-state index in [1.807, 2.05) is 6.92 Å². The van der Waals surface area contributed by atoms with Crippen molar-refractivity contribution in [2.75, 3.05) is 19.6 Å². The molecule has 7 heteroatoms. The molecular formula is C12H22N4O2S. The summed E-state index contributed by atoms with van der Waals surface area (Å²) in [6.45, 7) is 5.82. The number of likely N-dealkylation sites (N-methyl/N-ethyl adjacent to an activating group) is 1. The summed E-state index contributed by atoms with van der Waals surface area (Å²) in [6, 6.07) is 0.248. The van der Waals surface area contributed by atoms with Gasteiger partial charge < -0.3 is 9.88 Å². The fraction of sp³-hybridized carbons (Fsp3) is 0.750. The van der Waals surface area contributed by atoms with Gasteiger partial charge in [-0.15, -0.1) is 0 Å². The predicted octanol–water partition coefficient (Wildman–Crippen LogP) is 0.491. The van der Waals surface area contributed by atoms with Crippen LogP contribution >= 0.6 is 0 Å². The Hall–Kier alpha value is -0.920. The van der Waals surface area contributed by atoms with E-state index in [0.29, 0.717) is 18.9 Å². The van der Waals surface area contributed by atoms with Crippen molar-refractivity contribution in [2.24, 2.45) is 7.05 Å². The van der Waals surface area contributed by atoms with Gasteiger partial charge in [0.25, 0.3) is 10.0 Å². The lowest BCUT2D eigenvalue weighted by Crippen LogP contribution is -2.47. The number of rotatable bonds is 4. The van der Waals surface area contributed by atoms with E-state index in [2.05, 4.69) is 10.3 Å². The van der Waals surface area contributed by atoms with E-state index < -0.39 is 10.0 Å². The molecular weight excluding hydrogens is 264 g/mol. The minimum absolute atomic E-state index is 0.157. The standard InChI is InChI=1S/C12H22N4O2S/c1-4-13-11-6-5-7-16(8-11)19(17,18)12-9-15(3)10(2)14-12/h9,11,13H,4-8H2,1-3H3. The van der Waals surface area contributed by atoms with Gasteiger partial charge in [0.2, 0.25) is 0 Å². The molecule has 1 fully saturated rings. The lowest BCUT2D eigenvalue weighted by Gasteiger charge is -2.31. The van der Waals surface area contributed by atoms with Crippen LogP contribution in [0.1, 0.15) is 25.6 Å². The van der Waals surface area contributed by atoms with Gasteiger partial charge in [0, 0.05) is 32.4 Å². The Labute approximate surface area is 114 Å². The van der Waals surface area contributed by atoms with Gasteiger partial charge in [-0.05, 0) is 26.3 Å². The number of nitrogens with zero attached hydrogens (tertiary/aromatic N) is 3. The van der Waals surface area contributed by atoms with Gasteiger partial charge in [-0.1, -0.05) is 6.92 Å². The van der Waals surface area contributed by atoms with Crippen LogP contribution in [0.2, 0.25) is 0 Å². The molecule has 0 radical (unpaired) electrons. The van der Waals surface area contributed by atoms with Crippen LogP contribution in [-0.2, 0) is 17.1 Å². The summed E-state index contributed by atoms with van der Waals surface area (Å²) in [5.41, 5.74) is 0. The molecule has 0 aliphatic carbocycles. The summed E-state index contributed by atoms with van der Waals surface area (Å²) in [6.07, 6.45) is 3.51. The molecule has 1 saturated heterocycles. The maximum Gasteiger partial charge on any atom is 0.262 e. The Bertz CT molecular complexity index is 516. The van der Waals surface area contributed by atoms with Gasteiger partial charge in [0.1, 0.15) is 5.82 Å². The Morgan fingerprint density at radius 1 is 1.53 bits per heavy atom. The number of imidazole rings is 1. The molecule has 0 aromatic carbocycles. The molecule has 2 heterocycles. The highest BCUT2D eigenvalue weighted by molar-refractivity contribution is 7.89. The highest BCUT2D eigenvalue weighted by atomic mass is 32.2. The summed E-state index contributed by atoms with van der Waals surface area (Å²) in [5.74, 6) is 0.707. The third kappa shape index (κ3) is 2.98. The molecule has 1 aromatic heterocycles. The summed E-state index contributed by atoms with van der Waals surface area (Å²) < 4.78 is 28.3. The molecule has 6 nitrogen and oxygen atoms in total. The zero-order valence-electron chi connectivity index (χ0n) is 11.8. The van der Waals surface area contributed by atoms with E-state index in [9.17, 15) is 8.42 Å². The maximum atomic E-state index is 12.5. The fourth-order valence-electron chi connectivity index (χ4n) is 2.40. The monoisotopic (exact) mass is 286 g/mol. The lowest BCUT2D eigenvalue weighted by molar-refractivity contribution is 0.285. The van der Waals surface area contributed by atoms with E-state index in [0.717, 1.165) is 19.4 Å². The molecule has 1 aromatic rings. The van der Waals surface area contributed by atoms with Crippen molar-refractivity contribution in [2.45, 2.75) is 37.8 Å². The van der Waals surface area contributed by atoms with Crippen LogP contribution in [-0.4, -0.2) is 48.0 Å². The van der Waals surface area contributed by atoms with Gasteiger partial charge >= 0.3 is 0 Å². The zero-order chi connectivity index (χ0) is 14.0. The second-order valence-corrected chi connectivity index (χ2v) is 6.88. The highest BCUT2D eigenvalue weighted by Crippen LogP contribution is 2.20. The number of hydrogen-bond donors (Lipinski definition) is 1. The first-order valence-electron chi connectivity index (χ1n) is 6.68. The Morgan fingerprint density at radius 3 is 2.84 bits per heavy atom. The lowest BCUT2D eigenvalue weighted by atomic mass is 10.1. The highest BCUT2D eigenvalue weighted by Gasteiger charge is 2.31. The van der Waals surface area contributed by atoms with Crippen molar-refractivity contribution in [1.29, 1.82) is 0 Å². The van der Waals surface area contributed by atoms with Crippen molar-refractivity contribution < 1.29 is 8.42 Å². The third-order valence-corrected chi connectivity index (χ3v) is 5.30. The second-order valence-electron chi connectivity index (χ2n) is 5.00. The minimum atomic E-state index is -3.45. The number of aromatic nitrogens is 2. The molecule has 1 N–H and O–H groups in total. The first-order chi connectivity index (χ1) is 8.95. The average molecular weight is 286 g/mol. The largest absolute Gasteiger partial charge is 0.337 e. The van der Waals surface area contributed by atoms with Crippen molar-refractivity contribution >= 4 is 10.0 Å². The van der Waals surface area contributed by atoms with Crippen LogP contribution in [0.15, 0.2) is 11.2 Å². The van der Waals surface area contributed by atoms with Gasteiger partial charge in [0.05, 0.1) is 0 Å². The minimum Gasteiger partial charge on any atom is -0.337 e. The van der Waals surface area contributed by atoms with Crippen LogP contribution in [0.3, 0.4) is 0 Å². The molecule has 0 saturated carbocycles. The topological polar surface area (TPSA) is 67.2 Å². The van der Waals surface area contributed by atoms with E-state index >= 15 is 0 Å². The van der Waals surface area contributed by atoms with Crippen LogP contribution in [0.25, 0.3) is 0 Å². The SMILES string of the molecule is CCNC1CCCN(S(=O)(=O)c2cn(C)c(C)n2)C1. The summed E-state index contributed by atoms with van der Waals surface area (Å²) in [4.78, 5) is 4.14. The summed E-state index contributed by atoms with van der Waals surface area (Å²) >= 11 is 0. The zero-order valence-corrected chi connectivity index (χ0v) is 12.6. The smallest absolute Gasteiger partial charge is 0.262 e. The molecule has 0 amide bonds. The van der Waals surface area contributed by atoms with E-state index in [1.165, 1.54) is 0 Å². The molecule has 19 heavy (non-hydrogen) atoms. The molecule has 1 aliphatic rings. The van der Waals surface area contributed by atoms with Crippen LogP contribution in [0, 0.1) is 6.92 Å². The molecule has 108 valence electrons. The average Bonchev–Trinajstić information content (AvgIpc) is 2.71. The van der Waals surface area contributed by atoms with Crippen LogP contribution in [0.5, 0.6) is 0 Å². The first kappa shape index (κ1) is 14.5. The van der Waals surface area contributed by atoms with Crippen molar-refractivity contribution in [3.63, 3.8) is 0 Å². The Balaban J connectivity index is 2.19. The number of hydrogen-bond acceptors (Lipinski definition) is 4. The first-order valence-corrected chi connectivity index (χ1v) is 8.12. The number of piperidine rings is 1. The molecule has 2 rings (SSSR count). The molecule has 1 aliphatic heterocycles. The van der Waals surface area contributed by atoms with Crippen molar-refractivity contribution in [1.82, 2.24) is 19.2 Å². The molecule has 1 unspecified atom stereocenters. The maximum absolute atomic E-state index is 12.5. The quantitative estimate of drug-likeness (QED) is 0.875. The molecule has 0 bridgehead atoms. The number of nitrogens with one attached hydrogen (secondary N) is 1. The summed E-state index contributed by atoms with van der Waals surface area (Å²) in [7, 11) is -1.65. The van der Waals surface area contributed by atoms with Crippen LogP contribution < -0.4 is 5.32 Å². The van der Waals surface area contributed by atoms with E-state index in [1.54, 1.807) is 29.0 Å². The van der Waals surface area contributed by atoms with Gasteiger partial charge in [-0.3, -0.25) is 0 Å². The van der Waals surface area contributed by atoms with Crippen molar-refractivity contribution in [3.8, 4) is 0 Å². The van der Waals surface area contributed by atoms with E-state index in [4.69, 9.17) is 0 Å². The van der Waals surface area contributed by atoms with E-state index in [-0.39, 0.29) is 11.1 Å². The van der Waals surface area contributed by atoms with Crippen molar-refractivity contribution in [3.05, 3.63) is 12.0 Å². The second kappa shape index (κ2) is 5.60. The number of aryl methyl sites for hydroxylation is 2. The molecule has 1 atom stereocenters. The molecule has 0 spiro atoms. The Kier molecular flexibility index (Phi) is 4.27. The van der Waals surface area contributed by atoms with Gasteiger partial charge in [0.15, 0.2) is 5.03 Å². The fourth-order valence-corrected chi connectivity index (χ4v) is 3.95. The van der Waals surface area contributed by atoms with Crippen LogP contribution in [0.4, 0.5) is 0 Å². The third-order valence-electron chi connectivity index (χ3n) is 3.57. The number of sulfonamides is 1. The summed E-state index contributed by atoms with van der Waals surface area (Å²) in [5, 5.41) is 3.48. The normalized spacial score (nSPS) is 21.7. The predicted molar refractivity (Wildman–Crippen MR) is 73.4 cm³/mol.